The molecule has 5 nitrogen and oxygen atoms in total. The van der Waals surface area contributed by atoms with Gasteiger partial charge in [0.25, 0.3) is 5.91 Å². The molecule has 1 rings (SSSR count). The lowest BCUT2D eigenvalue weighted by Gasteiger charge is -2.22. The third kappa shape index (κ3) is 5.27. The number of ether oxygens (including phenoxy) is 2. The van der Waals surface area contributed by atoms with Crippen LogP contribution < -0.4 is 15.2 Å². The molecule has 0 aromatic heterocycles. The van der Waals surface area contributed by atoms with Crippen LogP contribution in [0.1, 0.15) is 26.3 Å². The first kappa shape index (κ1) is 17.3. The molecule has 0 aliphatic rings. The highest BCUT2D eigenvalue weighted by molar-refractivity contribution is 5.77. The third-order valence-electron chi connectivity index (χ3n) is 3.26. The van der Waals surface area contributed by atoms with Crippen LogP contribution in [0.15, 0.2) is 18.2 Å². The Bertz CT molecular complexity index is 461. The average Bonchev–Trinajstić information content (AvgIpc) is 2.46. The number of hydrogen-bond acceptors (Lipinski definition) is 4. The molecule has 0 saturated heterocycles. The molecule has 0 aliphatic heterocycles. The van der Waals surface area contributed by atoms with Crippen molar-refractivity contribution in [3.05, 3.63) is 23.8 Å². The van der Waals surface area contributed by atoms with Crippen molar-refractivity contribution in [2.75, 3.05) is 26.8 Å². The first-order chi connectivity index (χ1) is 9.99. The van der Waals surface area contributed by atoms with Gasteiger partial charge in [-0.2, -0.15) is 0 Å². The Morgan fingerprint density at radius 1 is 1.29 bits per heavy atom. The number of benzene rings is 1. The van der Waals surface area contributed by atoms with E-state index in [1.165, 1.54) is 0 Å². The van der Waals surface area contributed by atoms with Crippen LogP contribution in [0, 0.1) is 0 Å². The maximum absolute atomic E-state index is 11.9. The van der Waals surface area contributed by atoms with Crippen molar-refractivity contribution < 1.29 is 14.3 Å². The van der Waals surface area contributed by atoms with Crippen LogP contribution in [0.3, 0.4) is 0 Å². The first-order valence-electron chi connectivity index (χ1n) is 7.33. The van der Waals surface area contributed by atoms with E-state index in [0.717, 1.165) is 12.0 Å². The van der Waals surface area contributed by atoms with Gasteiger partial charge in [0.1, 0.15) is 0 Å². The summed E-state index contributed by atoms with van der Waals surface area (Å²) in [6, 6.07) is 5.85. The minimum atomic E-state index is -0.0570. The van der Waals surface area contributed by atoms with Crippen molar-refractivity contribution in [1.29, 1.82) is 0 Å². The highest BCUT2D eigenvalue weighted by Crippen LogP contribution is 2.28. The Kier molecular flexibility index (Phi) is 7.02. The molecular formula is C16H26N2O3. The Morgan fingerprint density at radius 3 is 2.57 bits per heavy atom. The average molecular weight is 294 g/mol. The van der Waals surface area contributed by atoms with E-state index in [1.807, 2.05) is 39.0 Å². The maximum Gasteiger partial charge on any atom is 0.260 e. The summed E-state index contributed by atoms with van der Waals surface area (Å²) in [7, 11) is 1.77. The van der Waals surface area contributed by atoms with Gasteiger partial charge in [-0.3, -0.25) is 4.79 Å². The van der Waals surface area contributed by atoms with Crippen molar-refractivity contribution in [2.24, 2.45) is 5.73 Å². The van der Waals surface area contributed by atoms with Crippen molar-refractivity contribution in [3.8, 4) is 11.5 Å². The molecule has 0 fully saturated rings. The molecule has 0 radical (unpaired) electrons. The van der Waals surface area contributed by atoms with Gasteiger partial charge in [-0.25, -0.2) is 0 Å². The zero-order valence-electron chi connectivity index (χ0n) is 13.4. The molecule has 1 aromatic carbocycles. The van der Waals surface area contributed by atoms with Gasteiger partial charge in [-0.15, -0.1) is 0 Å². The van der Waals surface area contributed by atoms with E-state index in [0.29, 0.717) is 24.7 Å². The number of amides is 1. The van der Waals surface area contributed by atoms with Gasteiger partial charge >= 0.3 is 0 Å². The Balaban J connectivity index is 2.75. The number of carbonyl (C=O) groups excluding carboxylic acids is 1. The Labute approximate surface area is 127 Å². The Morgan fingerprint density at radius 2 is 2.00 bits per heavy atom. The molecule has 0 atom stereocenters. The quantitative estimate of drug-likeness (QED) is 0.794. The summed E-state index contributed by atoms with van der Waals surface area (Å²) >= 11 is 0. The number of hydrogen-bond donors (Lipinski definition) is 1. The lowest BCUT2D eigenvalue weighted by Crippen LogP contribution is -2.36. The van der Waals surface area contributed by atoms with Crippen molar-refractivity contribution in [2.45, 2.75) is 33.2 Å². The SMILES string of the molecule is CCOc1cc(CCN)ccc1OCC(=O)N(C)C(C)C. The summed E-state index contributed by atoms with van der Waals surface area (Å²) in [5.41, 5.74) is 6.66. The van der Waals surface area contributed by atoms with Crippen LogP contribution in [-0.4, -0.2) is 43.7 Å². The normalized spacial score (nSPS) is 10.6. The molecule has 1 amide bonds. The lowest BCUT2D eigenvalue weighted by atomic mass is 10.1. The van der Waals surface area contributed by atoms with Gasteiger partial charge in [0, 0.05) is 13.1 Å². The van der Waals surface area contributed by atoms with Crippen molar-refractivity contribution in [1.82, 2.24) is 4.90 Å². The van der Waals surface area contributed by atoms with Gasteiger partial charge in [0.2, 0.25) is 0 Å². The molecule has 2 N–H and O–H groups in total. The Hall–Kier alpha value is -1.75. The molecule has 5 heteroatoms. The number of carbonyl (C=O) groups is 1. The largest absolute Gasteiger partial charge is 0.490 e. The van der Waals surface area contributed by atoms with Gasteiger partial charge in [-0.1, -0.05) is 6.07 Å². The lowest BCUT2D eigenvalue weighted by molar-refractivity contribution is -0.133. The van der Waals surface area contributed by atoms with E-state index in [-0.39, 0.29) is 18.6 Å². The third-order valence-corrected chi connectivity index (χ3v) is 3.26. The molecule has 0 saturated carbocycles. The zero-order chi connectivity index (χ0) is 15.8. The number of nitrogens with two attached hydrogens (primary N) is 1. The summed E-state index contributed by atoms with van der Waals surface area (Å²) in [5, 5.41) is 0. The molecule has 0 bridgehead atoms. The van der Waals surface area contributed by atoms with E-state index >= 15 is 0 Å². The molecule has 1 aromatic rings. The smallest absolute Gasteiger partial charge is 0.260 e. The number of rotatable bonds is 8. The fraction of sp³-hybridized carbons (Fsp3) is 0.562. The van der Waals surface area contributed by atoms with Gasteiger partial charge < -0.3 is 20.1 Å². The number of likely N-dealkylation sites (N-methyl/N-ethyl adjacent to an activating group) is 1. The van der Waals surface area contributed by atoms with E-state index < -0.39 is 0 Å². The summed E-state index contributed by atoms with van der Waals surface area (Å²) in [5.74, 6) is 1.19. The minimum Gasteiger partial charge on any atom is -0.490 e. The fourth-order valence-electron chi connectivity index (χ4n) is 1.79. The van der Waals surface area contributed by atoms with Crippen LogP contribution in [-0.2, 0) is 11.2 Å². The summed E-state index contributed by atoms with van der Waals surface area (Å²) in [6.07, 6.45) is 0.787. The molecule has 0 aliphatic carbocycles. The minimum absolute atomic E-state index is 0.00495. The first-order valence-corrected chi connectivity index (χ1v) is 7.33. The maximum atomic E-state index is 11.9. The molecular weight excluding hydrogens is 268 g/mol. The highest BCUT2D eigenvalue weighted by Gasteiger charge is 2.14. The van der Waals surface area contributed by atoms with E-state index in [4.69, 9.17) is 15.2 Å². The summed E-state index contributed by atoms with van der Waals surface area (Å²) < 4.78 is 11.2. The van der Waals surface area contributed by atoms with E-state index in [1.54, 1.807) is 11.9 Å². The van der Waals surface area contributed by atoms with Crippen LogP contribution in [0.4, 0.5) is 0 Å². The van der Waals surface area contributed by atoms with Crippen molar-refractivity contribution >= 4 is 5.91 Å². The molecule has 0 unspecified atom stereocenters. The second-order valence-electron chi connectivity index (χ2n) is 5.14. The second kappa shape index (κ2) is 8.52. The van der Waals surface area contributed by atoms with Gasteiger partial charge in [0.15, 0.2) is 18.1 Å². The molecule has 21 heavy (non-hydrogen) atoms. The second-order valence-corrected chi connectivity index (χ2v) is 5.14. The van der Waals surface area contributed by atoms with E-state index in [2.05, 4.69) is 0 Å². The molecule has 0 heterocycles. The van der Waals surface area contributed by atoms with Crippen LogP contribution >= 0.6 is 0 Å². The predicted octanol–water partition coefficient (Wildman–Crippen LogP) is 1.83. The topological polar surface area (TPSA) is 64.8 Å². The monoisotopic (exact) mass is 294 g/mol. The van der Waals surface area contributed by atoms with Gasteiger partial charge in [0.05, 0.1) is 6.61 Å². The summed E-state index contributed by atoms with van der Waals surface area (Å²) in [4.78, 5) is 13.6. The van der Waals surface area contributed by atoms with Crippen LogP contribution in [0.5, 0.6) is 11.5 Å². The zero-order valence-corrected chi connectivity index (χ0v) is 13.4. The summed E-state index contributed by atoms with van der Waals surface area (Å²) in [6.45, 7) is 6.98. The fourth-order valence-corrected chi connectivity index (χ4v) is 1.79. The van der Waals surface area contributed by atoms with Gasteiger partial charge in [-0.05, 0) is 51.4 Å². The number of nitrogens with zero attached hydrogens (tertiary/aromatic N) is 1. The van der Waals surface area contributed by atoms with E-state index in [9.17, 15) is 4.79 Å². The van der Waals surface area contributed by atoms with Crippen molar-refractivity contribution in [3.63, 3.8) is 0 Å². The molecule has 118 valence electrons. The predicted molar refractivity (Wildman–Crippen MR) is 83.8 cm³/mol. The highest BCUT2D eigenvalue weighted by atomic mass is 16.5. The van der Waals surface area contributed by atoms with Crippen LogP contribution in [0.25, 0.3) is 0 Å². The molecule has 0 spiro atoms. The standard InChI is InChI=1S/C16H26N2O3/c1-5-20-15-10-13(8-9-17)6-7-14(15)21-11-16(19)18(4)12(2)3/h6-7,10,12H,5,8-9,11,17H2,1-4H3. The van der Waals surface area contributed by atoms with Crippen LogP contribution in [0.2, 0.25) is 0 Å².